The molecule has 0 aliphatic heterocycles. The van der Waals surface area contributed by atoms with Gasteiger partial charge in [-0.2, -0.15) is 0 Å². The van der Waals surface area contributed by atoms with E-state index < -0.39 is 0 Å². The first kappa shape index (κ1) is 30.7. The number of hydrogen-bond donors (Lipinski definition) is 2. The van der Waals surface area contributed by atoms with Gasteiger partial charge in [0, 0.05) is 34.6 Å². The lowest BCUT2D eigenvalue weighted by Crippen LogP contribution is -1.96. The molecule has 4 aromatic heterocycles. The molecule has 0 aliphatic rings. The monoisotopic (exact) mass is 606 g/mol. The number of pyridine rings is 4. The third-order valence-electron chi connectivity index (χ3n) is 8.17. The summed E-state index contributed by atoms with van der Waals surface area (Å²) in [6.45, 7) is 4.35. The quantitative estimate of drug-likeness (QED) is 0.153. The Kier molecular flexibility index (Phi) is 9.44. The number of unbranched alkanes of at least 4 members (excludes halogenated alkanes) is 2. The second-order valence-corrected chi connectivity index (χ2v) is 11.5. The maximum Gasteiger partial charge on any atom is 0.134 e. The molecule has 0 atom stereocenters. The second kappa shape index (κ2) is 14.2. The van der Waals surface area contributed by atoms with Crippen LogP contribution >= 0.6 is 0 Å². The van der Waals surface area contributed by atoms with Gasteiger partial charge in [0.15, 0.2) is 0 Å². The molecule has 0 bridgehead atoms. The Balaban J connectivity index is 1.42. The molecule has 6 nitrogen and oxygen atoms in total. The van der Waals surface area contributed by atoms with Crippen molar-refractivity contribution < 1.29 is 10.2 Å². The number of nitrogens with zero attached hydrogens (tertiary/aromatic N) is 4. The summed E-state index contributed by atoms with van der Waals surface area (Å²) >= 11 is 0. The zero-order valence-corrected chi connectivity index (χ0v) is 26.3. The van der Waals surface area contributed by atoms with E-state index in [0.29, 0.717) is 45.0 Å². The first-order chi connectivity index (χ1) is 22.6. The van der Waals surface area contributed by atoms with E-state index in [1.807, 2.05) is 97.1 Å². The van der Waals surface area contributed by atoms with E-state index >= 15 is 0 Å². The molecule has 6 rings (SSSR count). The minimum atomic E-state index is 0.154. The van der Waals surface area contributed by atoms with Crippen LogP contribution in [0.1, 0.15) is 50.7 Å². The van der Waals surface area contributed by atoms with Crippen LogP contribution in [0.4, 0.5) is 0 Å². The van der Waals surface area contributed by atoms with Crippen molar-refractivity contribution in [1.82, 2.24) is 19.9 Å². The summed E-state index contributed by atoms with van der Waals surface area (Å²) in [5.74, 6) is 0.308. The maximum absolute atomic E-state index is 11.5. The van der Waals surface area contributed by atoms with Crippen LogP contribution in [-0.2, 0) is 12.8 Å². The van der Waals surface area contributed by atoms with Crippen LogP contribution < -0.4 is 0 Å². The van der Waals surface area contributed by atoms with Gasteiger partial charge < -0.3 is 10.2 Å². The average molecular weight is 607 g/mol. The predicted octanol–water partition coefficient (Wildman–Crippen LogP) is 9.70. The first-order valence-corrected chi connectivity index (χ1v) is 16.1. The van der Waals surface area contributed by atoms with Crippen LogP contribution in [0.25, 0.3) is 56.4 Å². The summed E-state index contributed by atoms with van der Waals surface area (Å²) in [7, 11) is 0. The zero-order chi connectivity index (χ0) is 31.9. The molecule has 0 spiro atoms. The molecule has 0 saturated heterocycles. The molecule has 46 heavy (non-hydrogen) atoms. The van der Waals surface area contributed by atoms with Gasteiger partial charge in [0.1, 0.15) is 11.5 Å². The van der Waals surface area contributed by atoms with Crippen molar-refractivity contribution in [2.24, 2.45) is 0 Å². The Bertz CT molecular complexity index is 1800. The van der Waals surface area contributed by atoms with Crippen molar-refractivity contribution in [3.05, 3.63) is 121 Å². The topological polar surface area (TPSA) is 92.0 Å². The van der Waals surface area contributed by atoms with Crippen molar-refractivity contribution in [1.29, 1.82) is 0 Å². The van der Waals surface area contributed by atoms with Crippen molar-refractivity contribution in [2.45, 2.75) is 52.4 Å². The molecule has 0 unspecified atom stereocenters. The maximum atomic E-state index is 11.5. The molecule has 0 fully saturated rings. The number of phenolic OH excluding ortho intramolecular Hbond substituents is 2. The minimum absolute atomic E-state index is 0.154. The largest absolute Gasteiger partial charge is 0.507 e. The number of aromatic nitrogens is 4. The normalized spacial score (nSPS) is 11.1. The smallest absolute Gasteiger partial charge is 0.134 e. The number of benzene rings is 2. The SMILES string of the molecule is CCCCc1cc(-c2ccccn2)c(O)c(-c2cccc(-c3cccc(-c4cc(CCCC)cc(-c5ccccn5)c4O)n3)n2)c1. The third-order valence-corrected chi connectivity index (χ3v) is 8.17. The van der Waals surface area contributed by atoms with Crippen molar-refractivity contribution in [2.75, 3.05) is 0 Å². The molecule has 2 aromatic carbocycles. The van der Waals surface area contributed by atoms with Gasteiger partial charge in [-0.15, -0.1) is 0 Å². The number of hydrogen-bond acceptors (Lipinski definition) is 6. The lowest BCUT2D eigenvalue weighted by Gasteiger charge is -2.15. The summed E-state index contributed by atoms with van der Waals surface area (Å²) in [6, 6.07) is 31.1. The minimum Gasteiger partial charge on any atom is -0.507 e. The Labute approximate surface area is 270 Å². The summed E-state index contributed by atoms with van der Waals surface area (Å²) in [4.78, 5) is 19.0. The second-order valence-electron chi connectivity index (χ2n) is 11.5. The Morgan fingerprint density at radius 2 is 0.826 bits per heavy atom. The van der Waals surface area contributed by atoms with Gasteiger partial charge in [-0.25, -0.2) is 9.97 Å². The van der Waals surface area contributed by atoms with Crippen LogP contribution in [0.5, 0.6) is 11.5 Å². The molecule has 0 radical (unpaired) electrons. The Morgan fingerprint density at radius 3 is 1.20 bits per heavy atom. The number of phenols is 2. The van der Waals surface area contributed by atoms with Crippen LogP contribution in [-0.4, -0.2) is 30.1 Å². The first-order valence-electron chi connectivity index (χ1n) is 16.1. The van der Waals surface area contributed by atoms with Crippen LogP contribution in [0.2, 0.25) is 0 Å². The van der Waals surface area contributed by atoms with E-state index in [2.05, 4.69) is 23.8 Å². The fourth-order valence-corrected chi connectivity index (χ4v) is 5.72. The molecule has 0 amide bonds. The molecular weight excluding hydrogens is 568 g/mol. The molecule has 0 saturated carbocycles. The Hall–Kier alpha value is -5.36. The Morgan fingerprint density at radius 1 is 0.457 bits per heavy atom. The fourth-order valence-electron chi connectivity index (χ4n) is 5.72. The van der Waals surface area contributed by atoms with E-state index in [1.165, 1.54) is 0 Å². The van der Waals surface area contributed by atoms with E-state index in [0.717, 1.165) is 61.0 Å². The number of rotatable bonds is 11. The van der Waals surface area contributed by atoms with E-state index in [-0.39, 0.29) is 11.5 Å². The van der Waals surface area contributed by atoms with Crippen LogP contribution in [0.3, 0.4) is 0 Å². The molecule has 0 aliphatic carbocycles. The van der Waals surface area contributed by atoms with E-state index in [4.69, 9.17) is 9.97 Å². The highest BCUT2D eigenvalue weighted by molar-refractivity contribution is 5.82. The lowest BCUT2D eigenvalue weighted by molar-refractivity contribution is 0.478. The van der Waals surface area contributed by atoms with Gasteiger partial charge >= 0.3 is 0 Å². The molecular formula is C40H38N4O2. The number of aromatic hydroxyl groups is 2. The van der Waals surface area contributed by atoms with Gasteiger partial charge in [0.25, 0.3) is 0 Å². The predicted molar refractivity (Wildman–Crippen MR) is 185 cm³/mol. The van der Waals surface area contributed by atoms with Gasteiger partial charge in [0.2, 0.25) is 0 Å². The van der Waals surface area contributed by atoms with Crippen LogP contribution in [0, 0.1) is 0 Å². The molecule has 2 N–H and O–H groups in total. The fraction of sp³-hybridized carbons (Fsp3) is 0.200. The molecule has 4 heterocycles. The van der Waals surface area contributed by atoms with E-state index in [1.54, 1.807) is 12.4 Å². The average Bonchev–Trinajstić information content (AvgIpc) is 3.11. The third kappa shape index (κ3) is 6.66. The highest BCUT2D eigenvalue weighted by atomic mass is 16.3. The lowest BCUT2D eigenvalue weighted by atomic mass is 9.96. The van der Waals surface area contributed by atoms with Gasteiger partial charge in [0.05, 0.1) is 34.2 Å². The number of aryl methyl sites for hydroxylation is 2. The van der Waals surface area contributed by atoms with Crippen molar-refractivity contribution in [3.63, 3.8) is 0 Å². The molecule has 6 aromatic rings. The molecule has 230 valence electrons. The summed E-state index contributed by atoms with van der Waals surface area (Å²) in [6.07, 6.45) is 9.51. The van der Waals surface area contributed by atoms with Crippen LogP contribution in [0.15, 0.2) is 109 Å². The standard InChI is InChI=1S/C40H38N4O2/c1-3-5-13-27-23-29(33-15-7-9-21-41-33)39(45)31(25-27)35-17-11-19-37(43-35)38-20-12-18-36(44-38)32-26-28(14-6-4-2)24-30(40(32)46)34-16-8-10-22-42-34/h7-12,15-26,45-46H,3-6,13-14H2,1-2H3. The summed E-state index contributed by atoms with van der Waals surface area (Å²) in [5, 5.41) is 23.0. The highest BCUT2D eigenvalue weighted by Gasteiger charge is 2.18. The highest BCUT2D eigenvalue weighted by Crippen LogP contribution is 2.40. The van der Waals surface area contributed by atoms with Crippen molar-refractivity contribution >= 4 is 0 Å². The van der Waals surface area contributed by atoms with Gasteiger partial charge in [-0.3, -0.25) is 9.97 Å². The van der Waals surface area contributed by atoms with Crippen molar-refractivity contribution in [3.8, 4) is 67.9 Å². The summed E-state index contributed by atoms with van der Waals surface area (Å²) in [5.41, 5.74) is 9.05. The van der Waals surface area contributed by atoms with Gasteiger partial charge in [-0.05, 0) is 110 Å². The molecule has 6 heteroatoms. The van der Waals surface area contributed by atoms with Gasteiger partial charge in [-0.1, -0.05) is 51.0 Å². The summed E-state index contributed by atoms with van der Waals surface area (Å²) < 4.78 is 0. The zero-order valence-electron chi connectivity index (χ0n) is 26.3. The van der Waals surface area contributed by atoms with E-state index in [9.17, 15) is 10.2 Å².